The number of fused-ring (bicyclic) bond motifs is 1. The van der Waals surface area contributed by atoms with Crippen LogP contribution in [0.3, 0.4) is 0 Å². The fourth-order valence-corrected chi connectivity index (χ4v) is 4.29. The lowest BCUT2D eigenvalue weighted by atomic mass is 10.2. The maximum absolute atomic E-state index is 13.0. The molecule has 0 aliphatic rings. The van der Waals surface area contributed by atoms with Gasteiger partial charge < -0.3 is 10.6 Å². The molecule has 2 heterocycles. The molecule has 2 aromatic carbocycles. The molecule has 0 bridgehead atoms. The van der Waals surface area contributed by atoms with Gasteiger partial charge in [-0.1, -0.05) is 36.4 Å². The summed E-state index contributed by atoms with van der Waals surface area (Å²) in [5.41, 5.74) is 2.50. The molecule has 2 aromatic heterocycles. The molecule has 4 aromatic rings. The molecule has 0 fully saturated rings. The van der Waals surface area contributed by atoms with Crippen molar-refractivity contribution in [1.29, 1.82) is 0 Å². The van der Waals surface area contributed by atoms with Crippen LogP contribution in [0.15, 0.2) is 65.7 Å². The number of rotatable bonds is 5. The van der Waals surface area contributed by atoms with E-state index in [0.717, 1.165) is 16.9 Å². The van der Waals surface area contributed by atoms with Crippen LogP contribution in [0.1, 0.15) is 20.8 Å². The number of carbonyl (C=O) groups is 2. The minimum Gasteiger partial charge on any atom is -0.324 e. The molecule has 2 N–H and O–H groups in total. The Hall–Kier alpha value is -3.78. The van der Waals surface area contributed by atoms with Gasteiger partial charge in [0.1, 0.15) is 11.4 Å². The summed E-state index contributed by atoms with van der Waals surface area (Å²) in [6, 6.07) is 16.5. The van der Waals surface area contributed by atoms with Crippen molar-refractivity contribution in [2.24, 2.45) is 0 Å². The molecular formula is C23H20N4O3S. The number of para-hydroxylation sites is 2. The van der Waals surface area contributed by atoms with E-state index in [1.54, 1.807) is 25.1 Å². The van der Waals surface area contributed by atoms with Crippen LogP contribution in [-0.4, -0.2) is 21.4 Å². The Bertz CT molecular complexity index is 1340. The van der Waals surface area contributed by atoms with Gasteiger partial charge in [0, 0.05) is 11.4 Å². The first-order valence-electron chi connectivity index (χ1n) is 9.64. The molecule has 8 heteroatoms. The number of hydrogen-bond acceptors (Lipinski definition) is 5. The number of anilines is 2. The molecule has 2 amide bonds. The second kappa shape index (κ2) is 8.53. The van der Waals surface area contributed by atoms with Gasteiger partial charge in [0.2, 0.25) is 5.91 Å². The number of benzene rings is 2. The predicted octanol–water partition coefficient (Wildman–Crippen LogP) is 3.97. The van der Waals surface area contributed by atoms with Gasteiger partial charge in [-0.3, -0.25) is 19.0 Å². The molecule has 0 saturated carbocycles. The van der Waals surface area contributed by atoms with E-state index in [9.17, 15) is 14.4 Å². The maximum Gasteiger partial charge on any atom is 0.266 e. The summed E-state index contributed by atoms with van der Waals surface area (Å²) in [6.45, 7) is 3.45. The summed E-state index contributed by atoms with van der Waals surface area (Å²) < 4.78 is 1.26. The average molecular weight is 433 g/mol. The Kier molecular flexibility index (Phi) is 5.64. The zero-order valence-electron chi connectivity index (χ0n) is 17.0. The minimum absolute atomic E-state index is 0.170. The van der Waals surface area contributed by atoms with Crippen LogP contribution in [0.25, 0.3) is 10.2 Å². The van der Waals surface area contributed by atoms with Crippen molar-refractivity contribution in [2.75, 3.05) is 10.6 Å². The highest BCUT2D eigenvalue weighted by Crippen LogP contribution is 2.27. The molecular weight excluding hydrogens is 412 g/mol. The van der Waals surface area contributed by atoms with E-state index in [2.05, 4.69) is 15.6 Å². The summed E-state index contributed by atoms with van der Waals surface area (Å²) in [5, 5.41) is 6.00. The quantitative estimate of drug-likeness (QED) is 0.499. The summed E-state index contributed by atoms with van der Waals surface area (Å²) >= 11 is 1.16. The standard InChI is InChI=1S/C23H20N4O3S/c1-14-8-6-7-11-17(14)26-18(28)12-27-13-24-22-19(23(27)30)15(2)20(31-22)21(29)25-16-9-4-3-5-10-16/h3-11,13H,12H2,1-2H3,(H,25,29)(H,26,28). The van der Waals surface area contributed by atoms with E-state index in [0.29, 0.717) is 32.0 Å². The highest BCUT2D eigenvalue weighted by molar-refractivity contribution is 7.20. The molecule has 0 aliphatic carbocycles. The average Bonchev–Trinajstić information content (AvgIpc) is 3.10. The van der Waals surface area contributed by atoms with Crippen molar-refractivity contribution in [3.05, 3.63) is 87.3 Å². The second-order valence-electron chi connectivity index (χ2n) is 7.10. The number of nitrogens with one attached hydrogen (secondary N) is 2. The Morgan fingerprint density at radius 3 is 2.45 bits per heavy atom. The van der Waals surface area contributed by atoms with Crippen LogP contribution >= 0.6 is 11.3 Å². The van der Waals surface area contributed by atoms with Crippen LogP contribution < -0.4 is 16.2 Å². The third kappa shape index (κ3) is 4.24. The van der Waals surface area contributed by atoms with E-state index < -0.39 is 0 Å². The fraction of sp³-hybridized carbons (Fsp3) is 0.130. The lowest BCUT2D eigenvalue weighted by Gasteiger charge is -2.09. The van der Waals surface area contributed by atoms with Gasteiger partial charge in [0.15, 0.2) is 0 Å². The third-order valence-corrected chi connectivity index (χ3v) is 6.09. The minimum atomic E-state index is -0.350. The van der Waals surface area contributed by atoms with E-state index >= 15 is 0 Å². The maximum atomic E-state index is 13.0. The van der Waals surface area contributed by atoms with E-state index in [4.69, 9.17) is 0 Å². The molecule has 0 spiro atoms. The molecule has 156 valence electrons. The summed E-state index contributed by atoms with van der Waals surface area (Å²) in [4.78, 5) is 43.4. The van der Waals surface area contributed by atoms with E-state index in [1.807, 2.05) is 43.3 Å². The van der Waals surface area contributed by atoms with Crippen LogP contribution in [0.2, 0.25) is 0 Å². The van der Waals surface area contributed by atoms with E-state index in [-0.39, 0.29) is 23.9 Å². The van der Waals surface area contributed by atoms with Crippen LogP contribution in [0.4, 0.5) is 11.4 Å². The number of thiophene rings is 1. The highest BCUT2D eigenvalue weighted by Gasteiger charge is 2.20. The molecule has 0 saturated heterocycles. The SMILES string of the molecule is Cc1ccccc1NC(=O)Cn1cnc2sc(C(=O)Nc3ccccc3)c(C)c2c1=O. The van der Waals surface area contributed by atoms with Crippen molar-refractivity contribution in [3.63, 3.8) is 0 Å². The zero-order chi connectivity index (χ0) is 22.0. The molecule has 0 aliphatic heterocycles. The number of aromatic nitrogens is 2. The molecule has 7 nitrogen and oxygen atoms in total. The van der Waals surface area contributed by atoms with Crippen LogP contribution in [0.5, 0.6) is 0 Å². The third-order valence-electron chi connectivity index (χ3n) is 4.89. The van der Waals surface area contributed by atoms with E-state index in [1.165, 1.54) is 10.9 Å². The Morgan fingerprint density at radius 2 is 1.71 bits per heavy atom. The summed E-state index contributed by atoms with van der Waals surface area (Å²) in [5.74, 6) is -0.623. The Morgan fingerprint density at radius 1 is 1.00 bits per heavy atom. The number of carbonyl (C=O) groups excluding carboxylic acids is 2. The lowest BCUT2D eigenvalue weighted by Crippen LogP contribution is -2.28. The van der Waals surface area contributed by atoms with Crippen molar-refractivity contribution in [3.8, 4) is 0 Å². The number of aryl methyl sites for hydroxylation is 2. The first-order chi connectivity index (χ1) is 14.9. The monoisotopic (exact) mass is 432 g/mol. The van der Waals surface area contributed by atoms with Gasteiger partial charge in [-0.2, -0.15) is 0 Å². The number of amides is 2. The van der Waals surface area contributed by atoms with Crippen molar-refractivity contribution >= 4 is 44.7 Å². The first kappa shape index (κ1) is 20.5. The normalized spacial score (nSPS) is 10.8. The topological polar surface area (TPSA) is 93.1 Å². The van der Waals surface area contributed by atoms with Crippen molar-refractivity contribution < 1.29 is 9.59 Å². The zero-order valence-corrected chi connectivity index (χ0v) is 17.8. The second-order valence-corrected chi connectivity index (χ2v) is 8.10. The van der Waals surface area contributed by atoms with Crippen molar-refractivity contribution in [2.45, 2.75) is 20.4 Å². The predicted molar refractivity (Wildman–Crippen MR) is 123 cm³/mol. The van der Waals surface area contributed by atoms with Gasteiger partial charge in [-0.25, -0.2) is 4.98 Å². The first-order valence-corrected chi connectivity index (χ1v) is 10.5. The summed E-state index contributed by atoms with van der Waals surface area (Å²) in [7, 11) is 0. The molecule has 4 rings (SSSR count). The fourth-order valence-electron chi connectivity index (χ4n) is 3.26. The largest absolute Gasteiger partial charge is 0.324 e. The van der Waals surface area contributed by atoms with Gasteiger partial charge in [-0.05, 0) is 43.2 Å². The lowest BCUT2D eigenvalue weighted by molar-refractivity contribution is -0.116. The molecule has 0 radical (unpaired) electrons. The van der Waals surface area contributed by atoms with Gasteiger partial charge in [0.25, 0.3) is 11.5 Å². The van der Waals surface area contributed by atoms with Gasteiger partial charge in [-0.15, -0.1) is 11.3 Å². The van der Waals surface area contributed by atoms with Crippen LogP contribution in [-0.2, 0) is 11.3 Å². The summed E-state index contributed by atoms with van der Waals surface area (Å²) in [6.07, 6.45) is 1.34. The molecule has 0 atom stereocenters. The Balaban J connectivity index is 1.59. The number of hydrogen-bond donors (Lipinski definition) is 2. The Labute approximate surface area is 182 Å². The van der Waals surface area contributed by atoms with Crippen LogP contribution in [0, 0.1) is 13.8 Å². The van der Waals surface area contributed by atoms with Crippen molar-refractivity contribution in [1.82, 2.24) is 9.55 Å². The number of nitrogens with zero attached hydrogens (tertiary/aromatic N) is 2. The smallest absolute Gasteiger partial charge is 0.266 e. The van der Waals surface area contributed by atoms with Gasteiger partial charge in [0.05, 0.1) is 16.6 Å². The highest BCUT2D eigenvalue weighted by atomic mass is 32.1. The molecule has 31 heavy (non-hydrogen) atoms. The van der Waals surface area contributed by atoms with Gasteiger partial charge >= 0.3 is 0 Å². The molecule has 0 unspecified atom stereocenters.